The zero-order chi connectivity index (χ0) is 36.3. The van der Waals surface area contributed by atoms with Crippen LogP contribution in [0.4, 0.5) is 0 Å². The quantitative estimate of drug-likeness (QED) is 0.226. The highest BCUT2D eigenvalue weighted by Gasteiger charge is 2.79. The summed E-state index contributed by atoms with van der Waals surface area (Å²) in [4.78, 5) is 64.8. The molecule has 2 aliphatic heterocycles. The summed E-state index contributed by atoms with van der Waals surface area (Å²) in [5.41, 5.74) is -5.28. The van der Waals surface area contributed by atoms with Gasteiger partial charge >= 0.3 is 29.8 Å². The maximum Gasteiger partial charge on any atom is 0.309 e. The molecule has 0 bridgehead atoms. The Kier molecular flexibility index (Phi) is 9.61. The molecule has 1 aromatic heterocycles. The maximum atomic E-state index is 13.6. The van der Waals surface area contributed by atoms with Gasteiger partial charge in [0.2, 0.25) is 0 Å². The number of esters is 5. The Hall–Kier alpha value is -3.71. The minimum atomic E-state index is -2.01. The van der Waals surface area contributed by atoms with Gasteiger partial charge in [0.05, 0.1) is 44.0 Å². The zero-order valence-electron chi connectivity index (χ0n) is 29.4. The topological polar surface area (TPSA) is 174 Å². The first-order chi connectivity index (χ1) is 22.8. The van der Waals surface area contributed by atoms with Crippen LogP contribution in [0.25, 0.3) is 0 Å². The van der Waals surface area contributed by atoms with E-state index in [1.165, 1.54) is 33.5 Å². The largest absolute Gasteiger partial charge is 0.472 e. The van der Waals surface area contributed by atoms with E-state index in [0.29, 0.717) is 5.56 Å². The number of cyclic esters (lactones) is 1. The Labute approximate surface area is 285 Å². The highest BCUT2D eigenvalue weighted by atomic mass is 16.6. The molecule has 4 aliphatic rings. The molecule has 2 aliphatic carbocycles. The fraction of sp³-hybridized carbons (Fsp3) is 0.694. The van der Waals surface area contributed by atoms with Gasteiger partial charge in [-0.15, -0.1) is 0 Å². The normalized spacial score (nSPS) is 39.6. The maximum absolute atomic E-state index is 13.6. The Morgan fingerprint density at radius 1 is 1.08 bits per heavy atom. The Morgan fingerprint density at radius 3 is 2.35 bits per heavy atom. The summed E-state index contributed by atoms with van der Waals surface area (Å²) in [6, 6.07) is 1.75. The van der Waals surface area contributed by atoms with Crippen LogP contribution >= 0.6 is 0 Å². The molecule has 1 unspecified atom stereocenters. The molecule has 1 aromatic rings. The van der Waals surface area contributed by atoms with E-state index < -0.39 is 94.0 Å². The first-order valence-electron chi connectivity index (χ1n) is 16.7. The number of hydrogen-bond acceptors (Lipinski definition) is 13. The molecule has 0 amide bonds. The average molecular weight is 689 g/mol. The predicted molar refractivity (Wildman–Crippen MR) is 169 cm³/mol. The third-order valence-corrected chi connectivity index (χ3v) is 11.7. The molecule has 2 saturated heterocycles. The summed E-state index contributed by atoms with van der Waals surface area (Å²) in [6.45, 7) is 15.5. The zero-order valence-corrected chi connectivity index (χ0v) is 29.4. The Bertz CT molecular complexity index is 1500. The molecule has 5 rings (SSSR count). The van der Waals surface area contributed by atoms with Crippen LogP contribution in [-0.4, -0.2) is 84.3 Å². The van der Waals surface area contributed by atoms with E-state index in [0.717, 1.165) is 0 Å². The predicted octanol–water partition coefficient (Wildman–Crippen LogP) is 3.80. The second kappa shape index (κ2) is 12.9. The van der Waals surface area contributed by atoms with Crippen molar-refractivity contribution in [3.8, 4) is 0 Å². The Balaban J connectivity index is 1.76. The first-order valence-corrected chi connectivity index (χ1v) is 16.7. The van der Waals surface area contributed by atoms with Crippen molar-refractivity contribution in [1.29, 1.82) is 0 Å². The van der Waals surface area contributed by atoms with Gasteiger partial charge in [-0.05, 0) is 36.5 Å². The van der Waals surface area contributed by atoms with Crippen molar-refractivity contribution >= 4 is 29.8 Å². The van der Waals surface area contributed by atoms with Crippen molar-refractivity contribution in [1.82, 2.24) is 0 Å². The highest BCUT2D eigenvalue weighted by Crippen LogP contribution is 2.71. The van der Waals surface area contributed by atoms with Crippen LogP contribution in [0, 0.1) is 28.6 Å². The number of aliphatic hydroxyl groups is 1. The molecule has 0 radical (unpaired) electrons. The molecule has 2 saturated carbocycles. The lowest BCUT2D eigenvalue weighted by Gasteiger charge is -2.59. The number of furan rings is 1. The number of rotatable bonds is 9. The van der Waals surface area contributed by atoms with E-state index in [4.69, 9.17) is 32.8 Å². The van der Waals surface area contributed by atoms with Crippen LogP contribution in [0.2, 0.25) is 0 Å². The summed E-state index contributed by atoms with van der Waals surface area (Å²) in [6.07, 6.45) is -1.49. The molecule has 11 atom stereocenters. The molecule has 4 fully saturated rings. The summed E-state index contributed by atoms with van der Waals surface area (Å²) in [5, 5.41) is 13.3. The minimum Gasteiger partial charge on any atom is -0.472 e. The smallest absolute Gasteiger partial charge is 0.309 e. The van der Waals surface area contributed by atoms with Crippen LogP contribution < -0.4 is 0 Å². The van der Waals surface area contributed by atoms with Gasteiger partial charge in [-0.2, -0.15) is 0 Å². The second-order valence-corrected chi connectivity index (χ2v) is 15.1. The summed E-state index contributed by atoms with van der Waals surface area (Å²) in [7, 11) is 1.23. The van der Waals surface area contributed by atoms with E-state index in [2.05, 4.69) is 6.58 Å². The van der Waals surface area contributed by atoms with Gasteiger partial charge in [0, 0.05) is 43.4 Å². The van der Waals surface area contributed by atoms with Crippen LogP contribution in [0.1, 0.15) is 85.6 Å². The van der Waals surface area contributed by atoms with Gasteiger partial charge in [0.1, 0.15) is 36.1 Å². The molecule has 49 heavy (non-hydrogen) atoms. The highest BCUT2D eigenvalue weighted by molar-refractivity contribution is 5.74. The van der Waals surface area contributed by atoms with Crippen molar-refractivity contribution in [2.75, 3.05) is 13.7 Å². The number of fused-ring (bicyclic) bond motifs is 4. The van der Waals surface area contributed by atoms with Crippen molar-refractivity contribution in [3.05, 3.63) is 36.3 Å². The van der Waals surface area contributed by atoms with Gasteiger partial charge in [-0.25, -0.2) is 0 Å². The lowest BCUT2D eigenvalue weighted by molar-refractivity contribution is -0.224. The molecule has 13 nitrogen and oxygen atoms in total. The van der Waals surface area contributed by atoms with Gasteiger partial charge in [0.25, 0.3) is 0 Å². The average Bonchev–Trinajstić information content (AvgIpc) is 3.67. The standard InChI is InChI=1S/C36H48O13/c1-18(2)12-28(40)48-32-31-30(19(3)36(42)26(46-21(5)38)13-23(35(32,36)8)22-10-11-44-16-22)34(7)24(14-27(39)43-9)33(6,17-45-20(4)37)49-29(41)15-25(34)47-31/h10-11,16,18,23-26,30-32,42H,3,12-15,17H2,1-2,4-9H3/t23-,24+,25-,26-,30-,31+,32?,33+,34+,35+,36+/m0/s1. The van der Waals surface area contributed by atoms with E-state index >= 15 is 0 Å². The van der Waals surface area contributed by atoms with Gasteiger partial charge in [-0.1, -0.05) is 34.3 Å². The first kappa shape index (κ1) is 36.6. The SMILES string of the molecule is C=C1[C@H]2[C@@H](O[C@H]3CC(=O)O[C@](C)(COC(C)=O)[C@@H](CC(=O)OC)[C@]32C)C(OC(=O)CC(C)C)[C@@]2(C)[C@H](c3ccoc3)C[C@H](OC(C)=O)[C@]12O. The molecular weight excluding hydrogens is 640 g/mol. The van der Waals surface area contributed by atoms with Crippen molar-refractivity contribution < 1.29 is 61.9 Å². The third kappa shape index (κ3) is 5.76. The summed E-state index contributed by atoms with van der Waals surface area (Å²) >= 11 is 0. The van der Waals surface area contributed by atoms with Crippen LogP contribution in [0.5, 0.6) is 0 Å². The van der Waals surface area contributed by atoms with E-state index in [1.807, 2.05) is 20.8 Å². The van der Waals surface area contributed by atoms with E-state index in [1.54, 1.807) is 19.9 Å². The fourth-order valence-corrected chi connectivity index (χ4v) is 9.53. The van der Waals surface area contributed by atoms with Crippen LogP contribution in [0.3, 0.4) is 0 Å². The molecule has 1 N–H and O–H groups in total. The molecule has 0 aromatic carbocycles. The molecule has 270 valence electrons. The number of ether oxygens (including phenoxy) is 6. The van der Waals surface area contributed by atoms with Gasteiger partial charge in [0.15, 0.2) is 0 Å². The van der Waals surface area contributed by atoms with Crippen LogP contribution in [0.15, 0.2) is 35.2 Å². The third-order valence-electron chi connectivity index (χ3n) is 11.7. The van der Waals surface area contributed by atoms with Crippen molar-refractivity contribution in [2.24, 2.45) is 28.6 Å². The second-order valence-electron chi connectivity index (χ2n) is 15.1. The van der Waals surface area contributed by atoms with E-state index in [-0.39, 0.29) is 43.8 Å². The molecular formula is C36H48O13. The molecule has 3 heterocycles. The van der Waals surface area contributed by atoms with Crippen molar-refractivity contribution in [3.63, 3.8) is 0 Å². The number of carbonyl (C=O) groups excluding carboxylic acids is 5. The number of hydrogen-bond donors (Lipinski definition) is 1. The summed E-state index contributed by atoms with van der Waals surface area (Å²) < 4.78 is 41.0. The van der Waals surface area contributed by atoms with Gasteiger partial charge < -0.3 is 37.9 Å². The lowest BCUT2D eigenvalue weighted by Crippen LogP contribution is -2.69. The molecule has 13 heteroatoms. The number of methoxy groups -OCH3 is 1. The van der Waals surface area contributed by atoms with Crippen molar-refractivity contribution in [2.45, 2.75) is 116 Å². The lowest BCUT2D eigenvalue weighted by atomic mass is 9.48. The molecule has 0 spiro atoms. The van der Waals surface area contributed by atoms with Gasteiger partial charge in [-0.3, -0.25) is 24.0 Å². The minimum absolute atomic E-state index is 0.0510. The fourth-order valence-electron chi connectivity index (χ4n) is 9.53. The van der Waals surface area contributed by atoms with Crippen LogP contribution in [-0.2, 0) is 52.4 Å². The van der Waals surface area contributed by atoms with E-state index in [9.17, 15) is 29.1 Å². The Morgan fingerprint density at radius 2 is 1.78 bits per heavy atom. The monoisotopic (exact) mass is 688 g/mol. The summed E-state index contributed by atoms with van der Waals surface area (Å²) in [5.74, 6) is -5.49. The number of carbonyl (C=O) groups is 5.